The van der Waals surface area contributed by atoms with Crippen molar-refractivity contribution in [2.75, 3.05) is 0 Å². The molecule has 1 aliphatic rings. The predicted molar refractivity (Wildman–Crippen MR) is 85.8 cm³/mol. The van der Waals surface area contributed by atoms with Gasteiger partial charge in [-0.1, -0.05) is 35.4 Å². The Bertz CT molecular complexity index is 733. The molecule has 0 bridgehead atoms. The van der Waals surface area contributed by atoms with Crippen molar-refractivity contribution in [2.45, 2.75) is 40.0 Å². The molecule has 1 aliphatic carbocycles. The first-order valence-electron chi connectivity index (χ1n) is 7.18. The second-order valence-electron chi connectivity index (χ2n) is 6.01. The summed E-state index contributed by atoms with van der Waals surface area (Å²) in [6.07, 6.45) is 1.89. The molecule has 0 N–H and O–H groups in total. The third kappa shape index (κ3) is 1.53. The molecule has 1 nitrogen and oxygen atoms in total. The maximum Gasteiger partial charge on any atom is 0.0746 e. The van der Waals surface area contributed by atoms with Crippen LogP contribution in [0.5, 0.6) is 0 Å². The van der Waals surface area contributed by atoms with Crippen LogP contribution in [0.2, 0.25) is 0 Å². The summed E-state index contributed by atoms with van der Waals surface area (Å²) in [5.41, 5.74) is 8.18. The van der Waals surface area contributed by atoms with E-state index in [4.69, 9.17) is 0 Å². The molecule has 0 amide bonds. The summed E-state index contributed by atoms with van der Waals surface area (Å²) in [7, 11) is 0. The number of hydrogen-bond donors (Lipinski definition) is 0. The Balaban J connectivity index is 2.37. The zero-order chi connectivity index (χ0) is 14.5. The van der Waals surface area contributed by atoms with E-state index in [1.165, 1.54) is 33.2 Å². The lowest BCUT2D eigenvalue weighted by molar-refractivity contribution is 0.671. The highest BCUT2D eigenvalue weighted by Crippen LogP contribution is 2.49. The Morgan fingerprint density at radius 3 is 2.10 bits per heavy atom. The molecule has 0 saturated carbocycles. The molecular weight excluding hydrogens is 242 g/mol. The first kappa shape index (κ1) is 13.1. The molecule has 1 heterocycles. The van der Waals surface area contributed by atoms with Crippen molar-refractivity contribution < 1.29 is 0 Å². The first-order chi connectivity index (χ1) is 9.48. The lowest BCUT2D eigenvalue weighted by atomic mass is 9.73. The van der Waals surface area contributed by atoms with Crippen LogP contribution in [0.25, 0.3) is 10.9 Å². The van der Waals surface area contributed by atoms with E-state index < -0.39 is 0 Å². The van der Waals surface area contributed by atoms with E-state index in [2.05, 4.69) is 63.9 Å². The fraction of sp³-hybridized carbons (Fsp3) is 0.316. The second-order valence-corrected chi connectivity index (χ2v) is 6.01. The smallest absolute Gasteiger partial charge is 0.0746 e. The van der Waals surface area contributed by atoms with Crippen molar-refractivity contribution in [3.8, 4) is 0 Å². The summed E-state index contributed by atoms with van der Waals surface area (Å²) >= 11 is 0. The van der Waals surface area contributed by atoms with E-state index >= 15 is 0 Å². The third-order valence-electron chi connectivity index (χ3n) is 5.36. The molecule has 3 rings (SSSR count). The lowest BCUT2D eigenvalue weighted by Crippen LogP contribution is -2.23. The van der Waals surface area contributed by atoms with Crippen LogP contribution >= 0.6 is 0 Å². The minimum atomic E-state index is -0.0258. The van der Waals surface area contributed by atoms with Crippen LogP contribution < -0.4 is 0 Å². The standard InChI is InChI=1S/C19H21N/c1-12-13(2)15(4)19(5,14(12)3)17-10-6-8-16-9-7-11-20-18(16)17/h6-11H,1-5H3. The van der Waals surface area contributed by atoms with Gasteiger partial charge >= 0.3 is 0 Å². The van der Waals surface area contributed by atoms with E-state index in [0.717, 1.165) is 5.52 Å². The number of allylic oxidation sites excluding steroid dienone is 4. The van der Waals surface area contributed by atoms with Gasteiger partial charge in [0.25, 0.3) is 0 Å². The fourth-order valence-corrected chi connectivity index (χ4v) is 3.51. The Hall–Kier alpha value is -1.89. The van der Waals surface area contributed by atoms with Crippen molar-refractivity contribution in [3.63, 3.8) is 0 Å². The van der Waals surface area contributed by atoms with Crippen LogP contribution in [0.4, 0.5) is 0 Å². The first-order valence-corrected chi connectivity index (χ1v) is 7.18. The predicted octanol–water partition coefficient (Wildman–Crippen LogP) is 5.18. The molecule has 102 valence electrons. The van der Waals surface area contributed by atoms with Crippen LogP contribution in [0.15, 0.2) is 58.8 Å². The Kier molecular flexibility index (Phi) is 2.82. The fourth-order valence-electron chi connectivity index (χ4n) is 3.51. The Labute approximate surface area is 121 Å². The highest BCUT2D eigenvalue weighted by molar-refractivity contribution is 5.84. The van der Waals surface area contributed by atoms with E-state index in [1.54, 1.807) is 0 Å². The highest BCUT2D eigenvalue weighted by atomic mass is 14.7. The Morgan fingerprint density at radius 1 is 0.850 bits per heavy atom. The van der Waals surface area contributed by atoms with Gasteiger partial charge in [-0.25, -0.2) is 0 Å². The number of aromatic nitrogens is 1. The summed E-state index contributed by atoms with van der Waals surface area (Å²) in [5, 5.41) is 1.22. The molecule has 2 aromatic rings. The lowest BCUT2D eigenvalue weighted by Gasteiger charge is -2.30. The molecular formula is C19H21N. The van der Waals surface area contributed by atoms with E-state index in [0.29, 0.717) is 0 Å². The zero-order valence-corrected chi connectivity index (χ0v) is 12.9. The highest BCUT2D eigenvalue weighted by Gasteiger charge is 2.38. The minimum Gasteiger partial charge on any atom is -0.256 e. The molecule has 1 aromatic heterocycles. The summed E-state index contributed by atoms with van der Waals surface area (Å²) in [4.78, 5) is 4.64. The minimum absolute atomic E-state index is 0.0258. The molecule has 0 radical (unpaired) electrons. The van der Waals surface area contributed by atoms with Gasteiger partial charge in [0, 0.05) is 17.0 Å². The number of hydrogen-bond acceptors (Lipinski definition) is 1. The molecule has 0 aliphatic heterocycles. The van der Waals surface area contributed by atoms with Gasteiger partial charge in [-0.3, -0.25) is 4.98 Å². The van der Waals surface area contributed by atoms with Crippen LogP contribution in [-0.2, 0) is 5.41 Å². The molecule has 0 saturated heterocycles. The third-order valence-corrected chi connectivity index (χ3v) is 5.36. The van der Waals surface area contributed by atoms with Crippen molar-refractivity contribution in [1.82, 2.24) is 4.98 Å². The van der Waals surface area contributed by atoms with Crippen LogP contribution in [0.1, 0.15) is 40.2 Å². The topological polar surface area (TPSA) is 12.9 Å². The van der Waals surface area contributed by atoms with Crippen molar-refractivity contribution in [1.29, 1.82) is 0 Å². The number of fused-ring (bicyclic) bond motifs is 1. The quantitative estimate of drug-likeness (QED) is 0.691. The summed E-state index contributed by atoms with van der Waals surface area (Å²) in [6.45, 7) is 11.3. The largest absolute Gasteiger partial charge is 0.256 e. The zero-order valence-electron chi connectivity index (χ0n) is 12.9. The van der Waals surface area contributed by atoms with Gasteiger partial charge in [0.2, 0.25) is 0 Å². The maximum atomic E-state index is 4.64. The number of rotatable bonds is 1. The van der Waals surface area contributed by atoms with E-state index in [-0.39, 0.29) is 5.41 Å². The van der Waals surface area contributed by atoms with Crippen molar-refractivity contribution in [2.24, 2.45) is 0 Å². The van der Waals surface area contributed by atoms with Gasteiger partial charge < -0.3 is 0 Å². The molecule has 1 aromatic carbocycles. The van der Waals surface area contributed by atoms with Crippen LogP contribution in [0.3, 0.4) is 0 Å². The summed E-state index contributed by atoms with van der Waals surface area (Å²) < 4.78 is 0. The number of para-hydroxylation sites is 1. The SMILES string of the molecule is CC1=C(C)C(C)(c2cccc3cccnc23)C(C)=C1C. The van der Waals surface area contributed by atoms with Gasteiger partial charge in [0.1, 0.15) is 0 Å². The van der Waals surface area contributed by atoms with E-state index in [1.807, 2.05) is 12.3 Å². The number of pyridine rings is 1. The molecule has 20 heavy (non-hydrogen) atoms. The van der Waals surface area contributed by atoms with Gasteiger partial charge in [0.15, 0.2) is 0 Å². The van der Waals surface area contributed by atoms with E-state index in [9.17, 15) is 0 Å². The average Bonchev–Trinajstić information content (AvgIpc) is 2.63. The van der Waals surface area contributed by atoms with Gasteiger partial charge in [-0.05, 0) is 57.4 Å². The molecule has 0 fully saturated rings. The normalized spacial score (nSPS) is 18.2. The molecule has 0 spiro atoms. The summed E-state index contributed by atoms with van der Waals surface area (Å²) in [6, 6.07) is 10.7. The average molecular weight is 263 g/mol. The van der Waals surface area contributed by atoms with Gasteiger partial charge in [-0.15, -0.1) is 0 Å². The molecule has 0 atom stereocenters. The van der Waals surface area contributed by atoms with Gasteiger partial charge in [0.05, 0.1) is 5.52 Å². The van der Waals surface area contributed by atoms with Crippen LogP contribution in [-0.4, -0.2) is 4.98 Å². The number of nitrogens with zero attached hydrogens (tertiary/aromatic N) is 1. The molecule has 1 heteroatoms. The van der Waals surface area contributed by atoms with Gasteiger partial charge in [-0.2, -0.15) is 0 Å². The monoisotopic (exact) mass is 263 g/mol. The number of benzene rings is 1. The van der Waals surface area contributed by atoms with Crippen molar-refractivity contribution >= 4 is 10.9 Å². The van der Waals surface area contributed by atoms with Crippen LogP contribution in [0, 0.1) is 0 Å². The molecule has 0 unspecified atom stereocenters. The second kappa shape index (κ2) is 4.31. The summed E-state index contributed by atoms with van der Waals surface area (Å²) in [5.74, 6) is 0. The van der Waals surface area contributed by atoms with Crippen molar-refractivity contribution in [3.05, 3.63) is 64.4 Å². The maximum absolute atomic E-state index is 4.64. The Morgan fingerprint density at radius 2 is 1.45 bits per heavy atom.